The molecule has 1 aliphatic heterocycles. The Labute approximate surface area is 335 Å². The fourth-order valence-electron chi connectivity index (χ4n) is 8.85. The highest BCUT2D eigenvalue weighted by atomic mass is 32.1. The van der Waals surface area contributed by atoms with Gasteiger partial charge in [0.1, 0.15) is 0 Å². The number of dihydropyridines is 1. The number of benzene rings is 7. The van der Waals surface area contributed by atoms with E-state index < -0.39 is 0 Å². The maximum atomic E-state index is 5.38. The molecule has 10 aromatic rings. The minimum atomic E-state index is -0.00743. The Morgan fingerprint density at radius 2 is 1.14 bits per heavy atom. The van der Waals surface area contributed by atoms with E-state index in [0.29, 0.717) is 0 Å². The van der Waals surface area contributed by atoms with E-state index in [4.69, 9.17) is 9.98 Å². The molecule has 4 heterocycles. The van der Waals surface area contributed by atoms with Crippen LogP contribution in [0, 0.1) is 5.92 Å². The van der Waals surface area contributed by atoms with Crippen LogP contribution in [0.4, 0.5) is 0 Å². The second kappa shape index (κ2) is 13.7. The molecular formula is C53H37N3S. The van der Waals surface area contributed by atoms with Crippen molar-refractivity contribution in [2.24, 2.45) is 10.9 Å². The lowest BCUT2D eigenvalue weighted by Crippen LogP contribution is -2.18. The second-order valence-electron chi connectivity index (χ2n) is 15.0. The Balaban J connectivity index is 0.985. The number of hydrogen-bond acceptors (Lipinski definition) is 3. The lowest BCUT2D eigenvalue weighted by Gasteiger charge is -2.29. The van der Waals surface area contributed by atoms with E-state index >= 15 is 0 Å². The van der Waals surface area contributed by atoms with Crippen LogP contribution < -0.4 is 0 Å². The standard InChI is InChI=1S/C53H37N3S/c1-34-43(35-13-5-2-6-14-35)31-47(37-15-7-3-8-16-37)55-53(34)38-23-21-36(22-24-38)46-32-54-33-51-52(46)45-30-40(26-28-50(45)57-51)39-25-27-49-44(29-39)42-19-11-12-20-48(42)56(49)41-17-9-4-10-18-41/h2-34,53H,1H3. The van der Waals surface area contributed by atoms with Crippen LogP contribution in [-0.2, 0) is 0 Å². The zero-order chi connectivity index (χ0) is 37.9. The highest BCUT2D eigenvalue weighted by molar-refractivity contribution is 7.25. The van der Waals surface area contributed by atoms with Crippen molar-refractivity contribution in [2.45, 2.75) is 13.0 Å². The summed E-state index contributed by atoms with van der Waals surface area (Å²) >= 11 is 1.81. The molecule has 0 saturated heterocycles. The Hall–Kier alpha value is -6.88. The van der Waals surface area contributed by atoms with Gasteiger partial charge in [-0.05, 0) is 87.5 Å². The van der Waals surface area contributed by atoms with Crippen LogP contribution in [0.2, 0.25) is 0 Å². The summed E-state index contributed by atoms with van der Waals surface area (Å²) in [5, 5.41) is 5.03. The molecule has 0 aliphatic carbocycles. The van der Waals surface area contributed by atoms with E-state index in [2.05, 4.69) is 193 Å². The van der Waals surface area contributed by atoms with Crippen LogP contribution in [-0.4, -0.2) is 15.3 Å². The fourth-order valence-corrected chi connectivity index (χ4v) is 9.93. The van der Waals surface area contributed by atoms with Crippen molar-refractivity contribution < 1.29 is 0 Å². The quantitative estimate of drug-likeness (QED) is 0.167. The van der Waals surface area contributed by atoms with Gasteiger partial charge in [-0.2, -0.15) is 0 Å². The average molecular weight is 748 g/mol. The van der Waals surface area contributed by atoms with Crippen LogP contribution >= 0.6 is 11.3 Å². The van der Waals surface area contributed by atoms with Gasteiger partial charge >= 0.3 is 0 Å². The molecule has 3 nitrogen and oxygen atoms in total. The number of nitrogens with zero attached hydrogens (tertiary/aromatic N) is 3. The summed E-state index contributed by atoms with van der Waals surface area (Å²) < 4.78 is 4.83. The first-order valence-electron chi connectivity index (χ1n) is 19.6. The highest BCUT2D eigenvalue weighted by Crippen LogP contribution is 2.44. The molecule has 1 aliphatic rings. The maximum absolute atomic E-state index is 5.38. The van der Waals surface area contributed by atoms with Crippen LogP contribution in [0.3, 0.4) is 0 Å². The normalized spacial score (nSPS) is 15.7. The van der Waals surface area contributed by atoms with Gasteiger partial charge in [0.05, 0.1) is 27.5 Å². The van der Waals surface area contributed by atoms with Gasteiger partial charge in [-0.1, -0.05) is 140 Å². The summed E-state index contributed by atoms with van der Waals surface area (Å²) in [5.41, 5.74) is 14.3. The minimum absolute atomic E-state index is 0.00743. The lowest BCUT2D eigenvalue weighted by atomic mass is 9.81. The third-order valence-corrected chi connectivity index (χ3v) is 12.8. The molecule has 0 spiro atoms. The predicted molar refractivity (Wildman–Crippen MR) is 242 cm³/mol. The van der Waals surface area contributed by atoms with Gasteiger partial charge in [0, 0.05) is 55.8 Å². The van der Waals surface area contributed by atoms with Crippen molar-refractivity contribution in [3.63, 3.8) is 0 Å². The number of aliphatic imine (C=N–C) groups is 1. The summed E-state index contributed by atoms with van der Waals surface area (Å²) in [5.74, 6) is 0.212. The first kappa shape index (κ1) is 33.5. The molecule has 7 aromatic carbocycles. The summed E-state index contributed by atoms with van der Waals surface area (Å²) in [4.78, 5) is 10.1. The second-order valence-corrected chi connectivity index (χ2v) is 16.1. The van der Waals surface area contributed by atoms with Gasteiger partial charge in [0.15, 0.2) is 0 Å². The number of aromatic nitrogens is 2. The van der Waals surface area contributed by atoms with Crippen LogP contribution in [0.25, 0.3) is 75.5 Å². The molecular weight excluding hydrogens is 711 g/mol. The number of fused-ring (bicyclic) bond motifs is 6. The third kappa shape index (κ3) is 5.72. The Morgan fingerprint density at radius 1 is 0.509 bits per heavy atom. The van der Waals surface area contributed by atoms with Gasteiger partial charge in [-0.15, -0.1) is 11.3 Å². The maximum Gasteiger partial charge on any atom is 0.0822 e. The van der Waals surface area contributed by atoms with Crippen molar-refractivity contribution >= 4 is 64.6 Å². The molecule has 11 rings (SSSR count). The number of allylic oxidation sites excluding steroid dienone is 1. The average Bonchev–Trinajstić information content (AvgIpc) is 3.83. The molecule has 2 atom stereocenters. The minimum Gasteiger partial charge on any atom is -0.309 e. The summed E-state index contributed by atoms with van der Waals surface area (Å²) in [7, 11) is 0. The lowest BCUT2D eigenvalue weighted by molar-refractivity contribution is 0.579. The van der Waals surface area contributed by atoms with Crippen molar-refractivity contribution in [3.8, 4) is 27.9 Å². The van der Waals surface area contributed by atoms with Crippen LogP contribution in [0.1, 0.15) is 29.7 Å². The molecule has 4 heteroatoms. The van der Waals surface area contributed by atoms with Crippen molar-refractivity contribution in [2.75, 3.05) is 0 Å². The van der Waals surface area contributed by atoms with Crippen molar-refractivity contribution in [3.05, 3.63) is 211 Å². The number of thiophene rings is 1. The smallest absolute Gasteiger partial charge is 0.0822 e. The van der Waals surface area contributed by atoms with Crippen molar-refractivity contribution in [1.82, 2.24) is 9.55 Å². The number of pyridine rings is 1. The van der Waals surface area contributed by atoms with Gasteiger partial charge in [-0.3, -0.25) is 9.98 Å². The third-order valence-electron chi connectivity index (χ3n) is 11.7. The summed E-state index contributed by atoms with van der Waals surface area (Å²) in [6, 6.07) is 63.6. The van der Waals surface area contributed by atoms with E-state index in [0.717, 1.165) is 22.4 Å². The summed E-state index contributed by atoms with van der Waals surface area (Å²) in [6.45, 7) is 2.31. The Kier molecular flexibility index (Phi) is 8.04. The topological polar surface area (TPSA) is 30.2 Å². The molecule has 3 aromatic heterocycles. The van der Waals surface area contributed by atoms with Gasteiger partial charge in [0.2, 0.25) is 0 Å². The van der Waals surface area contributed by atoms with Crippen molar-refractivity contribution in [1.29, 1.82) is 0 Å². The number of hydrogen-bond donors (Lipinski definition) is 0. The van der Waals surface area contributed by atoms with Gasteiger partial charge < -0.3 is 4.57 Å². The van der Waals surface area contributed by atoms with Crippen LogP contribution in [0.15, 0.2) is 199 Å². The largest absolute Gasteiger partial charge is 0.309 e. The number of para-hydroxylation sites is 2. The molecule has 2 unspecified atom stereocenters. The molecule has 0 fully saturated rings. The SMILES string of the molecule is CC1C(c2ccccc2)=CC(c2ccccc2)=NC1c1ccc(-c2cncc3sc4ccc(-c5ccc6c(c5)c5ccccc5n6-c5ccccc5)cc4c23)cc1. The first-order valence-corrected chi connectivity index (χ1v) is 20.4. The monoisotopic (exact) mass is 747 g/mol. The molecule has 0 bridgehead atoms. The van der Waals surface area contributed by atoms with E-state index in [1.807, 2.05) is 23.7 Å². The first-order chi connectivity index (χ1) is 28.2. The molecule has 270 valence electrons. The van der Waals surface area contributed by atoms with Gasteiger partial charge in [-0.25, -0.2) is 0 Å². The van der Waals surface area contributed by atoms with E-state index in [1.165, 1.54) is 75.5 Å². The van der Waals surface area contributed by atoms with E-state index in [1.54, 1.807) is 0 Å². The molecule has 0 radical (unpaired) electrons. The molecule has 0 saturated carbocycles. The van der Waals surface area contributed by atoms with E-state index in [-0.39, 0.29) is 12.0 Å². The van der Waals surface area contributed by atoms with E-state index in [9.17, 15) is 0 Å². The predicted octanol–water partition coefficient (Wildman–Crippen LogP) is 14.1. The zero-order valence-corrected chi connectivity index (χ0v) is 32.2. The van der Waals surface area contributed by atoms with Gasteiger partial charge in [0.25, 0.3) is 0 Å². The molecule has 0 N–H and O–H groups in total. The highest BCUT2D eigenvalue weighted by Gasteiger charge is 2.28. The zero-order valence-electron chi connectivity index (χ0n) is 31.4. The summed E-state index contributed by atoms with van der Waals surface area (Å²) in [6.07, 6.45) is 6.33. The Bertz CT molecular complexity index is 3170. The Morgan fingerprint density at radius 3 is 1.91 bits per heavy atom. The fraction of sp³-hybridized carbons (Fsp3) is 0.0566. The number of rotatable bonds is 6. The molecule has 0 amide bonds. The van der Waals surface area contributed by atoms with Crippen LogP contribution in [0.5, 0.6) is 0 Å². The molecule has 57 heavy (non-hydrogen) atoms.